The van der Waals surface area contributed by atoms with Gasteiger partial charge < -0.3 is 20.1 Å². The number of aromatic nitrogens is 1. The molecule has 1 aromatic heterocycles. The molecule has 2 heterocycles. The van der Waals surface area contributed by atoms with Crippen LogP contribution in [0.3, 0.4) is 0 Å². The van der Waals surface area contributed by atoms with Crippen LogP contribution in [0.4, 0.5) is 5.69 Å². The van der Waals surface area contributed by atoms with Crippen molar-refractivity contribution < 1.29 is 19.8 Å². The molecule has 114 valence electrons. The van der Waals surface area contributed by atoms with E-state index in [1.165, 1.54) is 12.3 Å². The number of carbonyl (C=O) groups excluding carboxylic acids is 1. The van der Waals surface area contributed by atoms with E-state index in [4.69, 9.17) is 0 Å². The first-order valence-corrected chi connectivity index (χ1v) is 6.79. The van der Waals surface area contributed by atoms with Crippen LogP contribution in [0.2, 0.25) is 0 Å². The van der Waals surface area contributed by atoms with Crippen molar-refractivity contribution in [1.82, 2.24) is 4.57 Å². The Morgan fingerprint density at radius 2 is 2.18 bits per heavy atom. The molecule has 22 heavy (non-hydrogen) atoms. The van der Waals surface area contributed by atoms with Gasteiger partial charge in [-0.3, -0.25) is 9.59 Å². The van der Waals surface area contributed by atoms with Crippen LogP contribution in [-0.2, 0) is 4.79 Å². The van der Waals surface area contributed by atoms with E-state index < -0.39 is 17.5 Å². The second kappa shape index (κ2) is 4.96. The largest absolute Gasteiger partial charge is 0.477 e. The monoisotopic (exact) mass is 302 g/mol. The Bertz CT molecular complexity index is 855. The number of hydrogen-bond acceptors (Lipinski definition) is 4. The van der Waals surface area contributed by atoms with Gasteiger partial charge in [0.15, 0.2) is 0 Å². The molecule has 1 aliphatic heterocycles. The third-order valence-electron chi connectivity index (χ3n) is 4.05. The van der Waals surface area contributed by atoms with Gasteiger partial charge >= 0.3 is 5.97 Å². The third kappa shape index (κ3) is 1.90. The fraction of sp³-hybridized carbons (Fsp3) is 0.267. The van der Waals surface area contributed by atoms with E-state index in [-0.39, 0.29) is 22.7 Å². The average molecular weight is 302 g/mol. The lowest BCUT2D eigenvalue weighted by Crippen LogP contribution is -2.26. The average Bonchev–Trinajstić information content (AvgIpc) is 2.46. The van der Waals surface area contributed by atoms with Crippen molar-refractivity contribution in [3.05, 3.63) is 39.7 Å². The van der Waals surface area contributed by atoms with Crippen LogP contribution in [-0.4, -0.2) is 27.2 Å². The van der Waals surface area contributed by atoms with E-state index in [0.717, 1.165) is 0 Å². The van der Waals surface area contributed by atoms with Gasteiger partial charge in [-0.1, -0.05) is 6.07 Å². The van der Waals surface area contributed by atoms with Gasteiger partial charge in [-0.05, 0) is 19.4 Å². The number of anilines is 1. The van der Waals surface area contributed by atoms with E-state index in [9.17, 15) is 24.6 Å². The van der Waals surface area contributed by atoms with Gasteiger partial charge in [0.2, 0.25) is 11.8 Å². The molecule has 7 nitrogen and oxygen atoms in total. The minimum atomic E-state index is -1.32. The summed E-state index contributed by atoms with van der Waals surface area (Å²) in [5, 5.41) is 22.0. The Morgan fingerprint density at radius 3 is 2.82 bits per heavy atom. The highest BCUT2D eigenvalue weighted by Crippen LogP contribution is 2.38. The first kappa shape index (κ1) is 14.3. The predicted octanol–water partition coefficient (Wildman–Crippen LogP) is 1.27. The summed E-state index contributed by atoms with van der Waals surface area (Å²) in [5.74, 6) is -1.32. The molecule has 2 aromatic rings. The number of rotatable bonds is 3. The highest BCUT2D eigenvalue weighted by Gasteiger charge is 2.28. The van der Waals surface area contributed by atoms with Crippen molar-refractivity contribution in [1.29, 1.82) is 0 Å². The Kier molecular flexibility index (Phi) is 3.22. The number of nitrogens with zero attached hydrogens (tertiary/aromatic N) is 1. The molecule has 2 unspecified atom stereocenters. The van der Waals surface area contributed by atoms with Crippen LogP contribution in [0.25, 0.3) is 10.9 Å². The second-order valence-electron chi connectivity index (χ2n) is 5.37. The summed E-state index contributed by atoms with van der Waals surface area (Å²) >= 11 is 0. The zero-order valence-corrected chi connectivity index (χ0v) is 11.7. The molecule has 0 saturated heterocycles. The number of nitrogens with one attached hydrogen (secondary N) is 1. The molecule has 2 atom stereocenters. The molecule has 7 heteroatoms. The molecule has 1 aliphatic rings. The Hall–Kier alpha value is -2.67. The highest BCUT2D eigenvalue weighted by atomic mass is 16.4. The minimum Gasteiger partial charge on any atom is -0.477 e. The SMILES string of the molecule is CC1CC(O)c2ccc(NC=O)c3c(=O)c(C(=O)O)cn1c23. The lowest BCUT2D eigenvalue weighted by molar-refractivity contribution is -0.105. The molecule has 0 aliphatic carbocycles. The van der Waals surface area contributed by atoms with Gasteiger partial charge in [-0.25, -0.2) is 4.79 Å². The van der Waals surface area contributed by atoms with Crippen molar-refractivity contribution in [2.24, 2.45) is 0 Å². The Labute approximate surface area is 124 Å². The van der Waals surface area contributed by atoms with Crippen molar-refractivity contribution >= 4 is 29.0 Å². The Morgan fingerprint density at radius 1 is 1.45 bits per heavy atom. The molecule has 0 fully saturated rings. The zero-order valence-electron chi connectivity index (χ0n) is 11.7. The van der Waals surface area contributed by atoms with Gasteiger partial charge in [0.1, 0.15) is 5.56 Å². The maximum atomic E-state index is 12.5. The molecule has 3 N–H and O–H groups in total. The minimum absolute atomic E-state index is 0.107. The van der Waals surface area contributed by atoms with Gasteiger partial charge in [0.05, 0.1) is 22.7 Å². The number of amides is 1. The lowest BCUT2D eigenvalue weighted by atomic mass is 9.93. The molecular weight excluding hydrogens is 288 g/mol. The second-order valence-corrected chi connectivity index (χ2v) is 5.37. The summed E-state index contributed by atoms with van der Waals surface area (Å²) in [4.78, 5) is 34.6. The van der Waals surface area contributed by atoms with Crippen LogP contribution in [0, 0.1) is 0 Å². The standard InChI is InChI=1S/C15H14N2O5/c1-7-4-11(19)8-2-3-10(16-6-18)12-13(8)17(7)5-9(14(12)20)15(21)22/h2-3,5-7,11,19H,4H2,1H3,(H,16,18)(H,21,22). The summed E-state index contributed by atoms with van der Waals surface area (Å²) in [5.41, 5.74) is 0.219. The van der Waals surface area contributed by atoms with Gasteiger partial charge in [0.25, 0.3) is 0 Å². The molecule has 1 amide bonds. The Balaban J connectivity index is 2.53. The van der Waals surface area contributed by atoms with Crippen molar-refractivity contribution in [3.8, 4) is 0 Å². The predicted molar refractivity (Wildman–Crippen MR) is 79.1 cm³/mol. The summed E-state index contributed by atoms with van der Waals surface area (Å²) in [6.45, 7) is 1.83. The summed E-state index contributed by atoms with van der Waals surface area (Å²) in [6.07, 6.45) is 1.41. The van der Waals surface area contributed by atoms with Gasteiger partial charge in [-0.2, -0.15) is 0 Å². The van der Waals surface area contributed by atoms with Crippen LogP contribution in [0.1, 0.15) is 41.4 Å². The molecular formula is C15H14N2O5. The number of aliphatic hydroxyl groups excluding tert-OH is 1. The van der Waals surface area contributed by atoms with Crippen molar-refractivity contribution in [2.45, 2.75) is 25.5 Å². The topological polar surface area (TPSA) is 109 Å². The van der Waals surface area contributed by atoms with E-state index >= 15 is 0 Å². The quantitative estimate of drug-likeness (QED) is 0.740. The first-order valence-electron chi connectivity index (χ1n) is 6.79. The summed E-state index contributed by atoms with van der Waals surface area (Å²) < 4.78 is 1.68. The number of carbonyl (C=O) groups is 2. The molecule has 0 saturated carbocycles. The van der Waals surface area contributed by atoms with Gasteiger partial charge in [-0.15, -0.1) is 0 Å². The third-order valence-corrected chi connectivity index (χ3v) is 4.05. The fourth-order valence-electron chi connectivity index (χ4n) is 3.03. The van der Waals surface area contributed by atoms with Crippen LogP contribution < -0.4 is 10.7 Å². The van der Waals surface area contributed by atoms with E-state index in [1.54, 1.807) is 10.6 Å². The van der Waals surface area contributed by atoms with Crippen molar-refractivity contribution in [2.75, 3.05) is 5.32 Å². The number of aliphatic hydroxyl groups is 1. The number of carboxylic acid groups (broad SMARTS) is 1. The smallest absolute Gasteiger partial charge is 0.341 e. The maximum absolute atomic E-state index is 12.5. The molecule has 3 rings (SSSR count). The molecule has 1 aromatic carbocycles. The maximum Gasteiger partial charge on any atom is 0.341 e. The van der Waals surface area contributed by atoms with E-state index in [1.807, 2.05) is 6.92 Å². The number of hydrogen-bond donors (Lipinski definition) is 3. The lowest BCUT2D eigenvalue weighted by Gasteiger charge is -2.30. The van der Waals surface area contributed by atoms with Crippen molar-refractivity contribution in [3.63, 3.8) is 0 Å². The zero-order chi connectivity index (χ0) is 16.0. The molecule has 0 spiro atoms. The fourth-order valence-corrected chi connectivity index (χ4v) is 3.03. The van der Waals surface area contributed by atoms with Gasteiger partial charge in [0, 0.05) is 17.8 Å². The van der Waals surface area contributed by atoms with Crippen LogP contribution >= 0.6 is 0 Å². The summed E-state index contributed by atoms with van der Waals surface area (Å²) in [7, 11) is 0. The number of aromatic carboxylic acids is 1. The normalized spacial score (nSPS) is 19.9. The number of pyridine rings is 1. The summed E-state index contributed by atoms with van der Waals surface area (Å²) in [6, 6.07) is 2.97. The van der Waals surface area contributed by atoms with Crippen LogP contribution in [0.5, 0.6) is 0 Å². The molecule has 0 bridgehead atoms. The highest BCUT2D eigenvalue weighted by molar-refractivity contribution is 6.01. The van der Waals surface area contributed by atoms with Crippen LogP contribution in [0.15, 0.2) is 23.1 Å². The number of carboxylic acids is 1. The van der Waals surface area contributed by atoms with E-state index in [0.29, 0.717) is 23.9 Å². The molecule has 0 radical (unpaired) electrons. The first-order chi connectivity index (χ1) is 10.5. The van der Waals surface area contributed by atoms with E-state index in [2.05, 4.69) is 5.32 Å². The number of benzene rings is 1.